The first-order valence-corrected chi connectivity index (χ1v) is 7.84. The van der Waals surface area contributed by atoms with E-state index in [0.29, 0.717) is 5.92 Å². The fraction of sp³-hybridized carbons (Fsp3) is 0.625. The molecule has 1 aromatic carbocycles. The number of fused-ring (bicyclic) bond motifs is 5. The van der Waals surface area contributed by atoms with Crippen LogP contribution in [0.5, 0.6) is 0 Å². The van der Waals surface area contributed by atoms with E-state index >= 15 is 0 Å². The summed E-state index contributed by atoms with van der Waals surface area (Å²) in [7, 11) is 0. The maximum atomic E-state index is 13.9. The second-order valence-corrected chi connectivity index (χ2v) is 6.83. The van der Waals surface area contributed by atoms with Gasteiger partial charge in [-0.1, -0.05) is 6.42 Å². The fourth-order valence-electron chi connectivity index (χ4n) is 5.17. The molecule has 3 saturated carbocycles. The predicted molar refractivity (Wildman–Crippen MR) is 77.5 cm³/mol. The maximum Gasteiger partial charge on any atom is 0.271 e. The highest BCUT2D eigenvalue weighted by atomic mass is 19.1. The summed E-state index contributed by atoms with van der Waals surface area (Å²) in [6.45, 7) is 0. The van der Waals surface area contributed by atoms with Crippen LogP contribution in [0.25, 0.3) is 0 Å². The summed E-state index contributed by atoms with van der Waals surface area (Å²) in [4.78, 5) is 10.4. The van der Waals surface area contributed by atoms with Gasteiger partial charge in [0.05, 0.1) is 10.6 Å². The lowest BCUT2D eigenvalue weighted by Gasteiger charge is -2.32. The van der Waals surface area contributed by atoms with E-state index in [1.165, 1.54) is 43.9 Å². The van der Waals surface area contributed by atoms with Gasteiger partial charge in [0.15, 0.2) is 0 Å². The predicted octanol–water partition coefficient (Wildman–Crippen LogP) is 3.97. The molecule has 2 bridgehead atoms. The summed E-state index contributed by atoms with van der Waals surface area (Å²) in [5, 5.41) is 14.1. The van der Waals surface area contributed by atoms with Gasteiger partial charge in [-0.2, -0.15) is 0 Å². The molecule has 4 nitrogen and oxygen atoms in total. The molecule has 5 atom stereocenters. The number of hydrogen-bond donors (Lipinski definition) is 1. The minimum Gasteiger partial charge on any atom is -0.379 e. The number of nitro groups is 1. The molecule has 0 aromatic heterocycles. The molecule has 3 aliphatic carbocycles. The lowest BCUT2D eigenvalue weighted by atomic mass is 9.79. The van der Waals surface area contributed by atoms with Crippen molar-refractivity contribution < 1.29 is 9.31 Å². The van der Waals surface area contributed by atoms with E-state index in [1.807, 2.05) is 0 Å². The molecule has 0 heterocycles. The highest BCUT2D eigenvalue weighted by Gasteiger charge is 2.53. The summed E-state index contributed by atoms with van der Waals surface area (Å²) in [5.74, 6) is 2.69. The molecule has 1 aromatic rings. The monoisotopic (exact) mass is 290 g/mol. The van der Waals surface area contributed by atoms with E-state index in [4.69, 9.17) is 0 Å². The first-order valence-electron chi connectivity index (χ1n) is 7.84. The van der Waals surface area contributed by atoms with Crippen molar-refractivity contribution in [3.05, 3.63) is 34.1 Å². The largest absolute Gasteiger partial charge is 0.379 e. The van der Waals surface area contributed by atoms with E-state index in [0.717, 1.165) is 24.2 Å². The van der Waals surface area contributed by atoms with Gasteiger partial charge >= 0.3 is 0 Å². The first-order chi connectivity index (χ1) is 10.1. The van der Waals surface area contributed by atoms with Crippen LogP contribution in [0, 0.1) is 39.6 Å². The lowest BCUT2D eigenvalue weighted by Crippen LogP contribution is -2.34. The third-order valence-electron chi connectivity index (χ3n) is 5.93. The number of nitro benzene ring substituents is 1. The van der Waals surface area contributed by atoms with E-state index in [1.54, 1.807) is 0 Å². The molecule has 5 unspecified atom stereocenters. The first kappa shape index (κ1) is 13.0. The molecular formula is C16H19FN2O2. The van der Waals surface area contributed by atoms with Gasteiger partial charge in [-0.05, 0) is 55.4 Å². The molecule has 3 fully saturated rings. The number of nitrogens with one attached hydrogen (secondary N) is 1. The molecule has 112 valence electrons. The molecular weight excluding hydrogens is 271 g/mol. The number of rotatable bonds is 3. The number of nitrogens with zero attached hydrogens (tertiary/aromatic N) is 1. The molecule has 1 N–H and O–H groups in total. The molecule has 5 heteroatoms. The van der Waals surface area contributed by atoms with Gasteiger partial charge in [-0.3, -0.25) is 10.1 Å². The van der Waals surface area contributed by atoms with Gasteiger partial charge in [-0.15, -0.1) is 0 Å². The normalized spacial score (nSPS) is 36.7. The summed E-state index contributed by atoms with van der Waals surface area (Å²) in [6.07, 6.45) is 6.35. The van der Waals surface area contributed by atoms with Crippen molar-refractivity contribution in [1.82, 2.24) is 0 Å². The Bertz CT molecular complexity index is 592. The summed E-state index contributed by atoms with van der Waals surface area (Å²) >= 11 is 0. The molecule has 4 rings (SSSR count). The van der Waals surface area contributed by atoms with Crippen molar-refractivity contribution >= 4 is 11.4 Å². The minimum absolute atomic E-state index is 0.0548. The van der Waals surface area contributed by atoms with Crippen LogP contribution in [0.2, 0.25) is 0 Å². The second-order valence-electron chi connectivity index (χ2n) is 6.83. The van der Waals surface area contributed by atoms with E-state index in [2.05, 4.69) is 5.32 Å². The maximum absolute atomic E-state index is 13.9. The lowest BCUT2D eigenvalue weighted by molar-refractivity contribution is -0.384. The van der Waals surface area contributed by atoms with Crippen molar-refractivity contribution in [1.29, 1.82) is 0 Å². The second kappa shape index (κ2) is 4.68. The zero-order valence-electron chi connectivity index (χ0n) is 11.8. The third kappa shape index (κ3) is 2.01. The molecule has 0 aliphatic heterocycles. The molecule has 0 saturated heterocycles. The Hall–Kier alpha value is -1.65. The summed E-state index contributed by atoms with van der Waals surface area (Å²) < 4.78 is 13.9. The van der Waals surface area contributed by atoms with Crippen LogP contribution >= 0.6 is 0 Å². The number of halogens is 1. The van der Waals surface area contributed by atoms with Crippen LogP contribution in [0.15, 0.2) is 18.2 Å². The number of benzene rings is 1. The standard InChI is InChI=1S/C16H19FN2O2/c17-14-5-4-10(19(20)21)8-16(14)18-15-7-9-6-13(15)12-3-1-2-11(9)12/h4-5,8-9,11-13,15,18H,1-3,6-7H2. The number of non-ortho nitro benzene ring substituents is 1. The van der Waals surface area contributed by atoms with E-state index < -0.39 is 10.7 Å². The van der Waals surface area contributed by atoms with Crippen LogP contribution in [-0.2, 0) is 0 Å². The minimum atomic E-state index is -0.474. The Kier molecular flexibility index (Phi) is 2.91. The van der Waals surface area contributed by atoms with Crippen LogP contribution in [0.3, 0.4) is 0 Å². The fourth-order valence-corrected chi connectivity index (χ4v) is 5.17. The van der Waals surface area contributed by atoms with Gasteiger partial charge in [-0.25, -0.2) is 4.39 Å². The highest BCUT2D eigenvalue weighted by molar-refractivity contribution is 5.53. The topological polar surface area (TPSA) is 55.2 Å². The smallest absolute Gasteiger partial charge is 0.271 e. The Morgan fingerprint density at radius 1 is 1.19 bits per heavy atom. The van der Waals surface area contributed by atoms with Gasteiger partial charge < -0.3 is 5.32 Å². The zero-order valence-corrected chi connectivity index (χ0v) is 11.8. The van der Waals surface area contributed by atoms with Crippen molar-refractivity contribution in [2.24, 2.45) is 23.7 Å². The Morgan fingerprint density at radius 3 is 2.81 bits per heavy atom. The molecule has 0 radical (unpaired) electrons. The Balaban J connectivity index is 1.55. The van der Waals surface area contributed by atoms with Crippen molar-refractivity contribution in [2.75, 3.05) is 5.32 Å². The molecule has 21 heavy (non-hydrogen) atoms. The average Bonchev–Trinajstić information content (AvgIpc) is 3.12. The van der Waals surface area contributed by atoms with Crippen LogP contribution < -0.4 is 5.32 Å². The molecule has 3 aliphatic rings. The quantitative estimate of drug-likeness (QED) is 0.677. The van der Waals surface area contributed by atoms with Crippen molar-refractivity contribution in [3.8, 4) is 0 Å². The number of hydrogen-bond acceptors (Lipinski definition) is 3. The highest BCUT2D eigenvalue weighted by Crippen LogP contribution is 2.59. The van der Waals surface area contributed by atoms with E-state index in [9.17, 15) is 14.5 Å². The zero-order chi connectivity index (χ0) is 14.6. The van der Waals surface area contributed by atoms with Crippen molar-refractivity contribution in [2.45, 2.75) is 38.1 Å². The Labute approximate surface area is 122 Å². The summed E-state index contributed by atoms with van der Waals surface area (Å²) in [5.41, 5.74) is 0.233. The third-order valence-corrected chi connectivity index (χ3v) is 5.93. The number of anilines is 1. The van der Waals surface area contributed by atoms with Gasteiger partial charge in [0.25, 0.3) is 5.69 Å². The Morgan fingerprint density at radius 2 is 2.00 bits per heavy atom. The van der Waals surface area contributed by atoms with Gasteiger partial charge in [0.1, 0.15) is 5.82 Å². The van der Waals surface area contributed by atoms with Crippen molar-refractivity contribution in [3.63, 3.8) is 0 Å². The average molecular weight is 290 g/mol. The van der Waals surface area contributed by atoms with E-state index in [-0.39, 0.29) is 17.4 Å². The van der Waals surface area contributed by atoms with Crippen LogP contribution in [0.1, 0.15) is 32.1 Å². The molecule has 0 spiro atoms. The molecule has 0 amide bonds. The summed E-state index contributed by atoms with van der Waals surface area (Å²) in [6, 6.07) is 4.01. The van der Waals surface area contributed by atoms with Gasteiger partial charge in [0, 0.05) is 18.2 Å². The van der Waals surface area contributed by atoms with Crippen LogP contribution in [0.4, 0.5) is 15.8 Å². The van der Waals surface area contributed by atoms with Gasteiger partial charge in [0.2, 0.25) is 0 Å². The SMILES string of the molecule is O=[N+]([O-])c1ccc(F)c(NC2CC3CC2C2CCCC32)c1. The van der Waals surface area contributed by atoms with Crippen LogP contribution in [-0.4, -0.2) is 11.0 Å².